The zero-order valence-corrected chi connectivity index (χ0v) is 9.32. The molecule has 0 saturated heterocycles. The number of rotatable bonds is 5. The van der Waals surface area contributed by atoms with E-state index < -0.39 is 10.0 Å². The average molecular weight is 209 g/mol. The Hall–Kier alpha value is -0.130. The van der Waals surface area contributed by atoms with Crippen LogP contribution in [0.4, 0.5) is 0 Å². The summed E-state index contributed by atoms with van der Waals surface area (Å²) in [5.41, 5.74) is 0.0218. The number of sulfonamides is 1. The van der Waals surface area contributed by atoms with Gasteiger partial charge in [0.2, 0.25) is 10.0 Å². The van der Waals surface area contributed by atoms with Gasteiger partial charge in [0, 0.05) is 6.54 Å². The van der Waals surface area contributed by atoms with Gasteiger partial charge in [0.15, 0.2) is 0 Å². The van der Waals surface area contributed by atoms with E-state index in [2.05, 4.69) is 4.72 Å². The third-order valence-corrected chi connectivity index (χ3v) is 2.94. The lowest BCUT2D eigenvalue weighted by Gasteiger charge is -2.17. The Balaban J connectivity index is 3.91. The van der Waals surface area contributed by atoms with Crippen molar-refractivity contribution in [3.63, 3.8) is 0 Å². The van der Waals surface area contributed by atoms with Gasteiger partial charge >= 0.3 is 0 Å². The lowest BCUT2D eigenvalue weighted by molar-refractivity contribution is 0.300. The Kier molecular flexibility index (Phi) is 4.88. The van der Waals surface area contributed by atoms with Gasteiger partial charge in [0.05, 0.1) is 12.4 Å². The summed E-state index contributed by atoms with van der Waals surface area (Å²) in [4.78, 5) is 0. The largest absolute Gasteiger partial charge is 0.395 e. The first-order chi connectivity index (χ1) is 5.77. The molecule has 0 bridgehead atoms. The van der Waals surface area contributed by atoms with Crippen molar-refractivity contribution in [2.45, 2.75) is 27.2 Å². The smallest absolute Gasteiger partial charge is 0.211 e. The normalized spacial score (nSPS) is 13.2. The molecule has 0 aromatic heterocycles. The van der Waals surface area contributed by atoms with Gasteiger partial charge in [-0.05, 0) is 11.8 Å². The Bertz CT molecular complexity index is 228. The minimum absolute atomic E-state index is 0.0218. The summed E-state index contributed by atoms with van der Waals surface area (Å²) in [7, 11) is -3.19. The summed E-state index contributed by atoms with van der Waals surface area (Å²) in [6.07, 6.45) is 0.619. The molecule has 0 aromatic carbocycles. The zero-order valence-electron chi connectivity index (χ0n) is 8.50. The third kappa shape index (κ3) is 8.21. The van der Waals surface area contributed by atoms with Crippen LogP contribution in [-0.2, 0) is 10.0 Å². The molecule has 0 aromatic rings. The highest BCUT2D eigenvalue weighted by Crippen LogP contribution is 2.18. The molecule has 13 heavy (non-hydrogen) atoms. The van der Waals surface area contributed by atoms with Crippen molar-refractivity contribution in [1.82, 2.24) is 4.72 Å². The van der Waals surface area contributed by atoms with Gasteiger partial charge < -0.3 is 5.11 Å². The van der Waals surface area contributed by atoms with Gasteiger partial charge in [-0.3, -0.25) is 0 Å². The van der Waals surface area contributed by atoms with E-state index in [-0.39, 0.29) is 24.3 Å². The van der Waals surface area contributed by atoms with E-state index in [0.717, 1.165) is 0 Å². The Morgan fingerprint density at radius 1 is 1.31 bits per heavy atom. The van der Waals surface area contributed by atoms with Gasteiger partial charge in [-0.2, -0.15) is 0 Å². The van der Waals surface area contributed by atoms with E-state index in [1.165, 1.54) is 0 Å². The zero-order chi connectivity index (χ0) is 10.5. The number of hydrogen-bond donors (Lipinski definition) is 2. The maximum atomic E-state index is 11.2. The fourth-order valence-corrected chi connectivity index (χ4v) is 2.14. The summed E-state index contributed by atoms with van der Waals surface area (Å²) >= 11 is 0. The summed E-state index contributed by atoms with van der Waals surface area (Å²) < 4.78 is 24.7. The van der Waals surface area contributed by atoms with Crippen LogP contribution in [0.2, 0.25) is 0 Å². The van der Waals surface area contributed by atoms with Crippen molar-refractivity contribution < 1.29 is 13.5 Å². The van der Waals surface area contributed by atoms with Crippen LogP contribution in [0.1, 0.15) is 27.2 Å². The minimum atomic E-state index is -3.19. The highest BCUT2D eigenvalue weighted by molar-refractivity contribution is 7.89. The molecular formula is C8H19NO3S. The molecule has 0 rings (SSSR count). The fraction of sp³-hybridized carbons (Fsp3) is 1.00. The van der Waals surface area contributed by atoms with Crippen molar-refractivity contribution in [2.75, 3.05) is 18.9 Å². The molecule has 0 aliphatic carbocycles. The van der Waals surface area contributed by atoms with Crippen molar-refractivity contribution in [3.8, 4) is 0 Å². The molecule has 80 valence electrons. The summed E-state index contributed by atoms with van der Waals surface area (Å²) in [6.45, 7) is 5.93. The molecule has 0 unspecified atom stereocenters. The second-order valence-electron chi connectivity index (χ2n) is 4.25. The van der Waals surface area contributed by atoms with E-state index in [1.54, 1.807) is 0 Å². The first-order valence-electron chi connectivity index (χ1n) is 4.35. The topological polar surface area (TPSA) is 66.4 Å². The Morgan fingerprint density at radius 3 is 2.23 bits per heavy atom. The predicted octanol–water partition coefficient (Wildman–Crippen LogP) is 0.334. The molecule has 4 nitrogen and oxygen atoms in total. The van der Waals surface area contributed by atoms with E-state index in [4.69, 9.17) is 5.11 Å². The quantitative estimate of drug-likeness (QED) is 0.686. The summed E-state index contributed by atoms with van der Waals surface area (Å²) in [5.74, 6) is 0.122. The molecule has 5 heteroatoms. The van der Waals surface area contributed by atoms with Crippen LogP contribution in [-0.4, -0.2) is 32.4 Å². The van der Waals surface area contributed by atoms with E-state index in [9.17, 15) is 8.42 Å². The predicted molar refractivity (Wildman–Crippen MR) is 52.9 cm³/mol. The van der Waals surface area contributed by atoms with Crippen molar-refractivity contribution in [2.24, 2.45) is 5.41 Å². The Labute approximate surface area is 80.4 Å². The SMILES string of the molecule is CC(C)(C)CCS(=O)(=O)NCCO. The van der Waals surface area contributed by atoms with E-state index in [0.29, 0.717) is 6.42 Å². The number of hydrogen-bond acceptors (Lipinski definition) is 3. The lowest BCUT2D eigenvalue weighted by Crippen LogP contribution is -2.30. The number of aliphatic hydroxyl groups excluding tert-OH is 1. The van der Waals surface area contributed by atoms with Gasteiger partial charge in [-0.1, -0.05) is 20.8 Å². The lowest BCUT2D eigenvalue weighted by atomic mass is 9.94. The molecular weight excluding hydrogens is 190 g/mol. The molecule has 0 atom stereocenters. The molecule has 0 spiro atoms. The molecule has 0 amide bonds. The van der Waals surface area contributed by atoms with Crippen LogP contribution >= 0.6 is 0 Å². The first-order valence-corrected chi connectivity index (χ1v) is 6.00. The molecule has 0 radical (unpaired) electrons. The van der Waals surface area contributed by atoms with Gasteiger partial charge in [0.25, 0.3) is 0 Å². The standard InChI is InChI=1S/C8H19NO3S/c1-8(2,3)4-7-13(11,12)9-5-6-10/h9-10H,4-7H2,1-3H3. The highest BCUT2D eigenvalue weighted by Gasteiger charge is 2.16. The van der Waals surface area contributed by atoms with Crippen molar-refractivity contribution >= 4 is 10.0 Å². The van der Waals surface area contributed by atoms with Crippen LogP contribution in [0.3, 0.4) is 0 Å². The number of aliphatic hydroxyl groups is 1. The monoisotopic (exact) mass is 209 g/mol. The number of nitrogens with one attached hydrogen (secondary N) is 1. The van der Waals surface area contributed by atoms with Gasteiger partial charge in [0.1, 0.15) is 0 Å². The summed E-state index contributed by atoms with van der Waals surface area (Å²) in [6, 6.07) is 0. The van der Waals surface area contributed by atoms with Gasteiger partial charge in [-0.15, -0.1) is 0 Å². The Morgan fingerprint density at radius 2 is 1.85 bits per heavy atom. The molecule has 0 fully saturated rings. The second-order valence-corrected chi connectivity index (χ2v) is 6.17. The van der Waals surface area contributed by atoms with E-state index >= 15 is 0 Å². The molecule has 0 aliphatic heterocycles. The van der Waals surface area contributed by atoms with Crippen LogP contribution in [0.15, 0.2) is 0 Å². The second kappa shape index (κ2) is 4.93. The molecule has 0 saturated carbocycles. The van der Waals surface area contributed by atoms with E-state index in [1.807, 2.05) is 20.8 Å². The maximum Gasteiger partial charge on any atom is 0.211 e. The molecule has 0 aliphatic rings. The molecule has 0 heterocycles. The van der Waals surface area contributed by atoms with Crippen LogP contribution in [0.25, 0.3) is 0 Å². The van der Waals surface area contributed by atoms with Crippen molar-refractivity contribution in [1.29, 1.82) is 0 Å². The van der Waals surface area contributed by atoms with Crippen molar-refractivity contribution in [3.05, 3.63) is 0 Å². The molecule has 2 N–H and O–H groups in total. The van der Waals surface area contributed by atoms with Crippen LogP contribution < -0.4 is 4.72 Å². The van der Waals surface area contributed by atoms with Gasteiger partial charge in [-0.25, -0.2) is 13.1 Å². The van der Waals surface area contributed by atoms with Crippen LogP contribution in [0, 0.1) is 5.41 Å². The summed E-state index contributed by atoms with van der Waals surface area (Å²) in [5, 5.41) is 8.43. The first kappa shape index (κ1) is 12.9. The third-order valence-electron chi connectivity index (χ3n) is 1.55. The minimum Gasteiger partial charge on any atom is -0.395 e. The maximum absolute atomic E-state index is 11.2. The van der Waals surface area contributed by atoms with Crippen LogP contribution in [0.5, 0.6) is 0 Å². The average Bonchev–Trinajstić information content (AvgIpc) is 1.97. The highest BCUT2D eigenvalue weighted by atomic mass is 32.2. The fourth-order valence-electron chi connectivity index (χ4n) is 0.714.